The Bertz CT molecular complexity index is 322. The molecule has 0 bridgehead atoms. The summed E-state index contributed by atoms with van der Waals surface area (Å²) in [7, 11) is 0. The Kier molecular flexibility index (Phi) is 3.06. The van der Waals surface area contributed by atoms with Crippen LogP contribution in [0.3, 0.4) is 0 Å². The van der Waals surface area contributed by atoms with Crippen LogP contribution in [0.5, 0.6) is 0 Å². The molecule has 2 rings (SSSR count). The maximum absolute atomic E-state index is 6.22. The summed E-state index contributed by atoms with van der Waals surface area (Å²) >= 11 is 0. The summed E-state index contributed by atoms with van der Waals surface area (Å²) in [6, 6.07) is 4.45. The third-order valence-electron chi connectivity index (χ3n) is 3.34. The molecule has 1 unspecified atom stereocenters. The van der Waals surface area contributed by atoms with Crippen LogP contribution in [-0.4, -0.2) is 4.98 Å². The van der Waals surface area contributed by atoms with E-state index >= 15 is 0 Å². The molecule has 1 aromatic heterocycles. The van der Waals surface area contributed by atoms with Crippen molar-refractivity contribution < 1.29 is 0 Å². The molecule has 0 amide bonds. The second kappa shape index (κ2) is 4.31. The average Bonchev–Trinajstić information content (AvgIpc) is 2.09. The van der Waals surface area contributed by atoms with E-state index in [1.807, 2.05) is 13.8 Å². The van der Waals surface area contributed by atoms with Crippen molar-refractivity contribution in [2.75, 3.05) is 0 Å². The number of rotatable bonds is 3. The predicted octanol–water partition coefficient (Wildman–Crippen LogP) is 2.89. The number of aryl methyl sites for hydroxylation is 2. The Hall–Kier alpha value is -0.890. The number of pyridine rings is 1. The maximum Gasteiger partial charge on any atom is 0.0379 e. The summed E-state index contributed by atoms with van der Waals surface area (Å²) in [6.45, 7) is 4.07. The van der Waals surface area contributed by atoms with Crippen LogP contribution in [0.25, 0.3) is 0 Å². The van der Waals surface area contributed by atoms with Gasteiger partial charge in [0.05, 0.1) is 0 Å². The highest BCUT2D eigenvalue weighted by atomic mass is 14.7. The Labute approximate surface area is 91.9 Å². The normalized spacial score (nSPS) is 18.6. The van der Waals surface area contributed by atoms with Gasteiger partial charge in [-0.3, -0.25) is 4.98 Å². The van der Waals surface area contributed by atoms with Crippen molar-refractivity contribution in [2.24, 2.45) is 11.7 Å². The molecule has 0 radical (unpaired) electrons. The topological polar surface area (TPSA) is 38.9 Å². The lowest BCUT2D eigenvalue weighted by Gasteiger charge is -2.28. The lowest BCUT2D eigenvalue weighted by Crippen LogP contribution is -2.20. The van der Waals surface area contributed by atoms with Gasteiger partial charge in [-0.2, -0.15) is 0 Å². The van der Waals surface area contributed by atoms with Crippen LogP contribution in [0.1, 0.15) is 48.7 Å². The Morgan fingerprint density at radius 2 is 1.93 bits per heavy atom. The molecule has 0 aliphatic heterocycles. The molecule has 2 N–H and O–H groups in total. The number of hydrogen-bond donors (Lipinski definition) is 1. The van der Waals surface area contributed by atoms with Gasteiger partial charge in [0.1, 0.15) is 0 Å². The van der Waals surface area contributed by atoms with Crippen molar-refractivity contribution in [1.82, 2.24) is 4.98 Å². The summed E-state index contributed by atoms with van der Waals surface area (Å²) in [5.41, 5.74) is 9.63. The van der Waals surface area contributed by atoms with Crippen LogP contribution in [-0.2, 0) is 0 Å². The molecule has 1 aromatic rings. The molecule has 1 heterocycles. The zero-order valence-electron chi connectivity index (χ0n) is 9.66. The molecular formula is C13H20N2. The van der Waals surface area contributed by atoms with Gasteiger partial charge >= 0.3 is 0 Å². The van der Waals surface area contributed by atoms with Gasteiger partial charge in [-0.05, 0) is 43.9 Å². The van der Waals surface area contributed by atoms with E-state index in [0.29, 0.717) is 0 Å². The van der Waals surface area contributed by atoms with E-state index in [4.69, 9.17) is 5.73 Å². The van der Waals surface area contributed by atoms with Gasteiger partial charge in [0.2, 0.25) is 0 Å². The van der Waals surface area contributed by atoms with E-state index in [1.54, 1.807) is 0 Å². The number of aromatic nitrogens is 1. The Balaban J connectivity index is 2.06. The highest BCUT2D eigenvalue weighted by Crippen LogP contribution is 2.33. The molecule has 0 spiro atoms. The molecule has 0 aromatic carbocycles. The van der Waals surface area contributed by atoms with Crippen LogP contribution in [0.2, 0.25) is 0 Å². The molecule has 0 saturated heterocycles. The molecule has 1 aliphatic carbocycles. The first-order valence-electron chi connectivity index (χ1n) is 5.86. The van der Waals surface area contributed by atoms with Crippen molar-refractivity contribution in [3.63, 3.8) is 0 Å². The number of hydrogen-bond acceptors (Lipinski definition) is 2. The molecule has 1 atom stereocenters. The van der Waals surface area contributed by atoms with Gasteiger partial charge in [-0.15, -0.1) is 0 Å². The first-order valence-corrected chi connectivity index (χ1v) is 5.86. The van der Waals surface area contributed by atoms with Crippen molar-refractivity contribution in [3.8, 4) is 0 Å². The summed E-state index contributed by atoms with van der Waals surface area (Å²) in [4.78, 5) is 4.37. The van der Waals surface area contributed by atoms with Crippen LogP contribution >= 0.6 is 0 Å². The quantitative estimate of drug-likeness (QED) is 0.822. The van der Waals surface area contributed by atoms with Gasteiger partial charge < -0.3 is 5.73 Å². The highest BCUT2D eigenvalue weighted by Gasteiger charge is 2.21. The summed E-state index contributed by atoms with van der Waals surface area (Å²) in [6.07, 6.45) is 5.28. The fourth-order valence-electron chi connectivity index (χ4n) is 2.30. The minimum Gasteiger partial charge on any atom is -0.324 e. The first kappa shape index (κ1) is 10.6. The van der Waals surface area contributed by atoms with E-state index in [-0.39, 0.29) is 6.04 Å². The van der Waals surface area contributed by atoms with Crippen LogP contribution in [0, 0.1) is 19.8 Å². The lowest BCUT2D eigenvalue weighted by molar-refractivity contribution is 0.277. The first-order chi connectivity index (χ1) is 7.15. The molecule has 1 saturated carbocycles. The van der Waals surface area contributed by atoms with Gasteiger partial charge in [0.25, 0.3) is 0 Å². The van der Waals surface area contributed by atoms with E-state index in [1.165, 1.54) is 24.8 Å². The Morgan fingerprint density at radius 3 is 2.40 bits per heavy atom. The monoisotopic (exact) mass is 204 g/mol. The third-order valence-corrected chi connectivity index (χ3v) is 3.34. The van der Waals surface area contributed by atoms with Crippen LogP contribution < -0.4 is 5.73 Å². The summed E-state index contributed by atoms with van der Waals surface area (Å²) in [5.74, 6) is 0.869. The number of nitrogens with two attached hydrogens (primary N) is 1. The van der Waals surface area contributed by atoms with E-state index < -0.39 is 0 Å². The molecule has 15 heavy (non-hydrogen) atoms. The maximum atomic E-state index is 6.22. The van der Waals surface area contributed by atoms with Gasteiger partial charge in [-0.25, -0.2) is 0 Å². The molecule has 1 aliphatic rings. The highest BCUT2D eigenvalue weighted by molar-refractivity contribution is 5.23. The fourth-order valence-corrected chi connectivity index (χ4v) is 2.30. The van der Waals surface area contributed by atoms with E-state index in [0.717, 1.165) is 23.7 Å². The van der Waals surface area contributed by atoms with Crippen molar-refractivity contribution >= 4 is 0 Å². The fraction of sp³-hybridized carbons (Fsp3) is 0.615. The average molecular weight is 204 g/mol. The van der Waals surface area contributed by atoms with Crippen molar-refractivity contribution in [1.29, 1.82) is 0 Å². The molecule has 82 valence electrons. The van der Waals surface area contributed by atoms with Gasteiger partial charge in [-0.1, -0.05) is 19.3 Å². The lowest BCUT2D eigenvalue weighted by atomic mass is 9.80. The molecular weight excluding hydrogens is 184 g/mol. The van der Waals surface area contributed by atoms with Gasteiger partial charge in [0.15, 0.2) is 0 Å². The molecule has 2 heteroatoms. The van der Waals surface area contributed by atoms with Crippen molar-refractivity contribution in [2.45, 2.75) is 45.6 Å². The summed E-state index contributed by atoms with van der Waals surface area (Å²) < 4.78 is 0. The molecule has 2 nitrogen and oxygen atoms in total. The van der Waals surface area contributed by atoms with Crippen LogP contribution in [0.4, 0.5) is 0 Å². The largest absolute Gasteiger partial charge is 0.324 e. The smallest absolute Gasteiger partial charge is 0.0379 e. The minimum atomic E-state index is 0.204. The van der Waals surface area contributed by atoms with E-state index in [9.17, 15) is 0 Å². The van der Waals surface area contributed by atoms with E-state index in [2.05, 4.69) is 17.1 Å². The second-order valence-electron chi connectivity index (χ2n) is 4.82. The SMILES string of the molecule is Cc1cc(C(N)CC2CCC2)cc(C)n1. The van der Waals surface area contributed by atoms with Crippen LogP contribution in [0.15, 0.2) is 12.1 Å². The standard InChI is InChI=1S/C13H20N2/c1-9-6-12(7-10(2)15-9)13(14)8-11-4-3-5-11/h6-7,11,13H,3-5,8,14H2,1-2H3. The Morgan fingerprint density at radius 1 is 1.33 bits per heavy atom. The summed E-state index contributed by atoms with van der Waals surface area (Å²) in [5, 5.41) is 0. The second-order valence-corrected chi connectivity index (χ2v) is 4.82. The zero-order valence-corrected chi connectivity index (χ0v) is 9.66. The van der Waals surface area contributed by atoms with Crippen molar-refractivity contribution in [3.05, 3.63) is 29.1 Å². The minimum absolute atomic E-state index is 0.204. The third kappa shape index (κ3) is 2.57. The van der Waals surface area contributed by atoms with Gasteiger partial charge in [0, 0.05) is 17.4 Å². The predicted molar refractivity (Wildman–Crippen MR) is 62.6 cm³/mol. The zero-order chi connectivity index (χ0) is 10.8. The molecule has 1 fully saturated rings. The number of nitrogens with zero attached hydrogens (tertiary/aromatic N) is 1.